The lowest BCUT2D eigenvalue weighted by molar-refractivity contribution is 0.354. The summed E-state index contributed by atoms with van der Waals surface area (Å²) in [7, 11) is 0. The maximum absolute atomic E-state index is 4.43. The zero-order valence-corrected chi connectivity index (χ0v) is 9.00. The average Bonchev–Trinajstić information content (AvgIpc) is 2.19. The minimum absolute atomic E-state index is 0.901. The van der Waals surface area contributed by atoms with E-state index >= 15 is 0 Å². The molecule has 0 saturated heterocycles. The fraction of sp³-hybridized carbons (Fsp3) is 0.615. The third-order valence-corrected chi connectivity index (χ3v) is 3.19. The first-order chi connectivity index (χ1) is 6.84. The lowest BCUT2D eigenvalue weighted by atomic mass is 9.86. The van der Waals surface area contributed by atoms with Crippen molar-refractivity contribution in [3.63, 3.8) is 0 Å². The van der Waals surface area contributed by atoms with Gasteiger partial charge in [-0.1, -0.05) is 32.1 Å². The van der Waals surface area contributed by atoms with Gasteiger partial charge in [-0.15, -0.1) is 0 Å². The molecule has 0 spiro atoms. The van der Waals surface area contributed by atoms with Gasteiger partial charge in [-0.2, -0.15) is 0 Å². The van der Waals surface area contributed by atoms with Crippen LogP contribution in [0.15, 0.2) is 18.3 Å². The second kappa shape index (κ2) is 4.59. The van der Waals surface area contributed by atoms with Crippen LogP contribution in [0.4, 0.5) is 0 Å². The van der Waals surface area contributed by atoms with E-state index in [9.17, 15) is 0 Å². The summed E-state index contributed by atoms with van der Waals surface area (Å²) in [5.74, 6) is 0.901. The van der Waals surface area contributed by atoms with Crippen LogP contribution in [0.25, 0.3) is 0 Å². The van der Waals surface area contributed by atoms with E-state index in [1.165, 1.54) is 49.8 Å². The molecule has 76 valence electrons. The summed E-state index contributed by atoms with van der Waals surface area (Å²) >= 11 is 0. The first-order valence-electron chi connectivity index (χ1n) is 5.76. The molecule has 1 aromatic rings. The molecule has 1 fully saturated rings. The van der Waals surface area contributed by atoms with Crippen molar-refractivity contribution < 1.29 is 0 Å². The Labute approximate surface area is 86.6 Å². The Hall–Kier alpha value is -0.850. The van der Waals surface area contributed by atoms with Gasteiger partial charge in [0.2, 0.25) is 0 Å². The highest BCUT2D eigenvalue weighted by Gasteiger charge is 2.14. The van der Waals surface area contributed by atoms with Crippen LogP contribution in [-0.4, -0.2) is 4.98 Å². The van der Waals surface area contributed by atoms with Crippen molar-refractivity contribution in [1.82, 2.24) is 4.98 Å². The molecule has 0 unspecified atom stereocenters. The lowest BCUT2D eigenvalue weighted by Gasteiger charge is -2.20. The monoisotopic (exact) mass is 189 g/mol. The molecule has 14 heavy (non-hydrogen) atoms. The molecule has 2 rings (SSSR count). The van der Waals surface area contributed by atoms with Crippen molar-refractivity contribution in [1.29, 1.82) is 0 Å². The largest absolute Gasteiger partial charge is 0.261 e. The number of hydrogen-bond acceptors (Lipinski definition) is 1. The van der Waals surface area contributed by atoms with Gasteiger partial charge < -0.3 is 0 Å². The predicted octanol–water partition coefficient (Wildman–Crippen LogP) is 3.51. The summed E-state index contributed by atoms with van der Waals surface area (Å²) in [6, 6.07) is 4.30. The number of rotatable bonds is 2. The van der Waals surface area contributed by atoms with Gasteiger partial charge in [0.25, 0.3) is 0 Å². The highest BCUT2D eigenvalue weighted by Crippen LogP contribution is 2.26. The minimum atomic E-state index is 0.901. The van der Waals surface area contributed by atoms with Gasteiger partial charge in [0.15, 0.2) is 0 Å². The highest BCUT2D eigenvalue weighted by atomic mass is 14.7. The zero-order valence-electron chi connectivity index (χ0n) is 9.00. The van der Waals surface area contributed by atoms with Crippen LogP contribution >= 0.6 is 0 Å². The Morgan fingerprint density at radius 3 is 2.79 bits per heavy atom. The molecule has 0 amide bonds. The standard InChI is InChI=1S/C13H19N/c1-11-7-8-14-13(9-11)10-12-5-3-2-4-6-12/h7-9,12H,2-6,10H2,1H3. The van der Waals surface area contributed by atoms with E-state index in [-0.39, 0.29) is 0 Å². The maximum Gasteiger partial charge on any atom is 0.0409 e. The van der Waals surface area contributed by atoms with Gasteiger partial charge in [-0.05, 0) is 37.0 Å². The summed E-state index contributed by atoms with van der Waals surface area (Å²) in [5.41, 5.74) is 2.63. The molecular formula is C13H19N. The third kappa shape index (κ3) is 2.57. The van der Waals surface area contributed by atoms with Gasteiger partial charge in [-0.25, -0.2) is 0 Å². The highest BCUT2D eigenvalue weighted by molar-refractivity contribution is 5.14. The maximum atomic E-state index is 4.43. The van der Waals surface area contributed by atoms with Gasteiger partial charge in [0, 0.05) is 11.9 Å². The zero-order chi connectivity index (χ0) is 9.80. The van der Waals surface area contributed by atoms with Crippen LogP contribution in [0, 0.1) is 12.8 Å². The predicted molar refractivity (Wildman–Crippen MR) is 59.3 cm³/mol. The molecule has 1 saturated carbocycles. The van der Waals surface area contributed by atoms with Crippen LogP contribution in [0.2, 0.25) is 0 Å². The van der Waals surface area contributed by atoms with E-state index in [2.05, 4.69) is 24.0 Å². The molecule has 1 nitrogen and oxygen atoms in total. The SMILES string of the molecule is Cc1ccnc(CC2CCCCC2)c1. The van der Waals surface area contributed by atoms with E-state index in [4.69, 9.17) is 0 Å². The fourth-order valence-electron chi connectivity index (χ4n) is 2.40. The van der Waals surface area contributed by atoms with Crippen molar-refractivity contribution in [2.45, 2.75) is 45.4 Å². The van der Waals surface area contributed by atoms with Gasteiger partial charge >= 0.3 is 0 Å². The van der Waals surface area contributed by atoms with Gasteiger partial charge in [0.05, 0.1) is 0 Å². The molecule has 1 aromatic heterocycles. The van der Waals surface area contributed by atoms with Crippen LogP contribution in [0.5, 0.6) is 0 Å². The quantitative estimate of drug-likeness (QED) is 0.693. The first kappa shape index (κ1) is 9.70. The second-order valence-electron chi connectivity index (χ2n) is 4.53. The lowest BCUT2D eigenvalue weighted by Crippen LogP contribution is -2.10. The molecule has 0 bridgehead atoms. The Kier molecular flexibility index (Phi) is 3.18. The molecule has 0 atom stereocenters. The number of hydrogen-bond donors (Lipinski definition) is 0. The molecule has 0 radical (unpaired) electrons. The molecule has 1 aliphatic rings. The van der Waals surface area contributed by atoms with Crippen molar-refractivity contribution in [3.05, 3.63) is 29.6 Å². The topological polar surface area (TPSA) is 12.9 Å². The third-order valence-electron chi connectivity index (χ3n) is 3.19. The molecule has 0 N–H and O–H groups in total. The molecule has 0 aromatic carbocycles. The Balaban J connectivity index is 1.95. The summed E-state index contributed by atoms with van der Waals surface area (Å²) in [5, 5.41) is 0. The normalized spacial score (nSPS) is 18.4. The smallest absolute Gasteiger partial charge is 0.0409 e. The van der Waals surface area contributed by atoms with Crippen LogP contribution in [0.1, 0.15) is 43.4 Å². The van der Waals surface area contributed by atoms with E-state index in [1.807, 2.05) is 6.20 Å². The van der Waals surface area contributed by atoms with E-state index in [1.54, 1.807) is 0 Å². The van der Waals surface area contributed by atoms with Gasteiger partial charge in [-0.3, -0.25) is 4.98 Å². The summed E-state index contributed by atoms with van der Waals surface area (Å²) in [6.45, 7) is 2.14. The number of aromatic nitrogens is 1. The molecule has 1 heterocycles. The Morgan fingerprint density at radius 1 is 1.29 bits per heavy atom. The molecule has 1 heteroatoms. The van der Waals surface area contributed by atoms with Crippen molar-refractivity contribution in [2.75, 3.05) is 0 Å². The molecule has 0 aliphatic heterocycles. The average molecular weight is 189 g/mol. The number of aryl methyl sites for hydroxylation is 1. The summed E-state index contributed by atoms with van der Waals surface area (Å²) in [4.78, 5) is 4.43. The Bertz CT molecular complexity index is 287. The summed E-state index contributed by atoms with van der Waals surface area (Å²) in [6.07, 6.45) is 10.3. The van der Waals surface area contributed by atoms with E-state index in [0.717, 1.165) is 5.92 Å². The minimum Gasteiger partial charge on any atom is -0.261 e. The van der Waals surface area contributed by atoms with Crippen molar-refractivity contribution >= 4 is 0 Å². The van der Waals surface area contributed by atoms with Crippen LogP contribution in [-0.2, 0) is 6.42 Å². The Morgan fingerprint density at radius 2 is 2.07 bits per heavy atom. The summed E-state index contributed by atoms with van der Waals surface area (Å²) < 4.78 is 0. The number of pyridine rings is 1. The second-order valence-corrected chi connectivity index (χ2v) is 4.53. The van der Waals surface area contributed by atoms with Crippen molar-refractivity contribution in [3.8, 4) is 0 Å². The molecular weight excluding hydrogens is 170 g/mol. The van der Waals surface area contributed by atoms with Gasteiger partial charge in [0.1, 0.15) is 0 Å². The molecule has 1 aliphatic carbocycles. The van der Waals surface area contributed by atoms with E-state index in [0.29, 0.717) is 0 Å². The van der Waals surface area contributed by atoms with E-state index < -0.39 is 0 Å². The first-order valence-corrected chi connectivity index (χ1v) is 5.76. The van der Waals surface area contributed by atoms with Crippen molar-refractivity contribution in [2.24, 2.45) is 5.92 Å². The van der Waals surface area contributed by atoms with Crippen LogP contribution in [0.3, 0.4) is 0 Å². The number of nitrogens with zero attached hydrogens (tertiary/aromatic N) is 1. The fourth-order valence-corrected chi connectivity index (χ4v) is 2.40. The van der Waals surface area contributed by atoms with Crippen LogP contribution < -0.4 is 0 Å².